The minimum atomic E-state index is -0.405. The average Bonchev–Trinajstić information content (AvgIpc) is 2.36. The number of carbonyl (C=O) groups is 2. The molecular formula is C12H23IN3O2-. The fourth-order valence-corrected chi connectivity index (χ4v) is 5.50. The first kappa shape index (κ1) is 15.7. The van der Waals surface area contributed by atoms with Gasteiger partial charge in [0.15, 0.2) is 0 Å². The van der Waals surface area contributed by atoms with E-state index >= 15 is 0 Å². The summed E-state index contributed by atoms with van der Waals surface area (Å²) < 4.78 is 0.224. The second-order valence-electron chi connectivity index (χ2n) is 4.59. The summed E-state index contributed by atoms with van der Waals surface area (Å²) in [7, 11) is 0. The van der Waals surface area contributed by atoms with Gasteiger partial charge in [0.1, 0.15) is 0 Å². The maximum atomic E-state index is 11.6. The summed E-state index contributed by atoms with van der Waals surface area (Å²) in [6, 6.07) is 0. The number of hydrogen-bond donors (Lipinski definition) is 3. The van der Waals surface area contributed by atoms with Crippen LogP contribution >= 0.6 is 0 Å². The van der Waals surface area contributed by atoms with Crippen LogP contribution in [0, 0.1) is 0 Å². The number of rotatable bonds is 7. The van der Waals surface area contributed by atoms with E-state index in [1.165, 1.54) is 32.1 Å². The number of primary amides is 1. The number of nitrogens with one attached hydrogen (secondary N) is 1. The van der Waals surface area contributed by atoms with Gasteiger partial charge in [0, 0.05) is 0 Å². The third-order valence-electron chi connectivity index (χ3n) is 2.98. The van der Waals surface area contributed by atoms with Crippen LogP contribution in [0.25, 0.3) is 0 Å². The van der Waals surface area contributed by atoms with Crippen LogP contribution in [0.3, 0.4) is 0 Å². The maximum absolute atomic E-state index is 11.6. The van der Waals surface area contributed by atoms with Gasteiger partial charge in [-0.25, -0.2) is 0 Å². The van der Waals surface area contributed by atoms with E-state index in [9.17, 15) is 9.59 Å². The van der Waals surface area contributed by atoms with E-state index in [0.29, 0.717) is 23.3 Å². The molecule has 0 saturated heterocycles. The SMILES string of the molecule is NCCCC(=O)N[C@@H]([I-]C1CCCCC1)C(N)=O. The van der Waals surface area contributed by atoms with Crippen molar-refractivity contribution in [3.8, 4) is 0 Å². The number of carbonyl (C=O) groups excluding carboxylic acids is 2. The summed E-state index contributed by atoms with van der Waals surface area (Å²) in [5.74, 6) is -0.478. The summed E-state index contributed by atoms with van der Waals surface area (Å²) >= 11 is -0.390. The number of amides is 2. The first-order chi connectivity index (χ1) is 8.63. The van der Waals surface area contributed by atoms with Crippen molar-refractivity contribution in [1.82, 2.24) is 5.32 Å². The molecule has 1 aliphatic carbocycles. The summed E-state index contributed by atoms with van der Waals surface area (Å²) in [5, 5.41) is 2.78. The molecule has 6 heteroatoms. The van der Waals surface area contributed by atoms with Gasteiger partial charge in [0.2, 0.25) is 0 Å². The van der Waals surface area contributed by atoms with E-state index in [1.807, 2.05) is 0 Å². The Morgan fingerprint density at radius 1 is 1.28 bits per heavy atom. The van der Waals surface area contributed by atoms with Crippen LogP contribution in [-0.4, -0.2) is 26.3 Å². The van der Waals surface area contributed by atoms with Crippen molar-refractivity contribution in [2.45, 2.75) is 52.9 Å². The molecule has 18 heavy (non-hydrogen) atoms. The van der Waals surface area contributed by atoms with Crippen LogP contribution in [0.2, 0.25) is 0 Å². The number of nitrogens with two attached hydrogens (primary N) is 2. The molecule has 5 nitrogen and oxygen atoms in total. The van der Waals surface area contributed by atoms with Crippen LogP contribution in [-0.2, 0) is 9.59 Å². The van der Waals surface area contributed by atoms with E-state index in [2.05, 4.69) is 5.32 Å². The van der Waals surface area contributed by atoms with Gasteiger partial charge in [-0.15, -0.1) is 0 Å². The van der Waals surface area contributed by atoms with Crippen molar-refractivity contribution < 1.29 is 30.8 Å². The Kier molecular flexibility index (Phi) is 7.57. The number of alkyl halides is 2. The zero-order chi connectivity index (χ0) is 13.4. The van der Waals surface area contributed by atoms with Crippen LogP contribution in [0.4, 0.5) is 0 Å². The fraction of sp³-hybridized carbons (Fsp3) is 0.833. The standard InChI is InChI=1S/C12H23IN3O2/c14-8-4-7-10(17)16-11(12(15)18)13-9-5-2-1-3-6-9/h9,11H,1-8,14H2,(H2,15,18)(H,16,17)/q-1/t11-/m1/s1. The molecule has 1 rings (SSSR count). The Morgan fingerprint density at radius 3 is 2.50 bits per heavy atom. The van der Waals surface area contributed by atoms with Gasteiger partial charge in [-0.05, 0) is 0 Å². The minimum absolute atomic E-state index is 0.0974. The summed E-state index contributed by atoms with van der Waals surface area (Å²) in [6.45, 7) is 0.492. The van der Waals surface area contributed by atoms with Crippen molar-refractivity contribution in [1.29, 1.82) is 0 Å². The van der Waals surface area contributed by atoms with Crippen molar-refractivity contribution in [3.63, 3.8) is 0 Å². The quantitative estimate of drug-likeness (QED) is 0.255. The molecule has 1 fully saturated rings. The molecule has 1 saturated carbocycles. The molecule has 0 bridgehead atoms. The van der Waals surface area contributed by atoms with Gasteiger partial charge in [0.25, 0.3) is 0 Å². The van der Waals surface area contributed by atoms with E-state index in [4.69, 9.17) is 11.5 Å². The van der Waals surface area contributed by atoms with E-state index < -0.39 is 4.05 Å². The molecule has 1 atom stereocenters. The van der Waals surface area contributed by atoms with Gasteiger partial charge in [0.05, 0.1) is 0 Å². The summed E-state index contributed by atoms with van der Waals surface area (Å²) in [5.41, 5.74) is 10.7. The molecule has 5 N–H and O–H groups in total. The van der Waals surface area contributed by atoms with E-state index in [0.717, 1.165) is 0 Å². The Balaban J connectivity index is 2.38. The second kappa shape index (κ2) is 8.68. The molecule has 0 aromatic heterocycles. The van der Waals surface area contributed by atoms with Crippen LogP contribution < -0.4 is 38.0 Å². The monoisotopic (exact) mass is 368 g/mol. The molecule has 0 heterocycles. The predicted octanol–water partition coefficient (Wildman–Crippen LogP) is -2.93. The second-order valence-corrected chi connectivity index (χ2v) is 8.31. The molecule has 0 aliphatic heterocycles. The van der Waals surface area contributed by atoms with Crippen molar-refractivity contribution in [2.24, 2.45) is 11.5 Å². The predicted molar refractivity (Wildman–Crippen MR) is 66.3 cm³/mol. The van der Waals surface area contributed by atoms with E-state index in [-0.39, 0.29) is 33.0 Å². The number of halogens is 1. The topological polar surface area (TPSA) is 98.2 Å². The van der Waals surface area contributed by atoms with Gasteiger partial charge in [-0.2, -0.15) is 0 Å². The molecule has 0 unspecified atom stereocenters. The first-order valence-corrected chi connectivity index (χ1v) is 9.03. The van der Waals surface area contributed by atoms with Gasteiger partial charge in [-0.3, -0.25) is 0 Å². The zero-order valence-corrected chi connectivity index (χ0v) is 12.8. The van der Waals surface area contributed by atoms with E-state index in [1.54, 1.807) is 0 Å². The molecule has 0 radical (unpaired) electrons. The molecule has 0 spiro atoms. The average molecular weight is 368 g/mol. The molecule has 2 amide bonds. The molecule has 0 aromatic rings. The van der Waals surface area contributed by atoms with Gasteiger partial charge in [-0.1, -0.05) is 0 Å². The molecule has 106 valence electrons. The third-order valence-corrected chi connectivity index (χ3v) is 6.89. The Labute approximate surface area is 119 Å². The Hall–Kier alpha value is -0.370. The fourth-order valence-electron chi connectivity index (χ4n) is 2.00. The van der Waals surface area contributed by atoms with Crippen LogP contribution in [0.15, 0.2) is 0 Å². The first-order valence-electron chi connectivity index (χ1n) is 6.54. The van der Waals surface area contributed by atoms with Crippen LogP contribution in [0.5, 0.6) is 0 Å². The normalized spacial score (nSPS) is 18.5. The van der Waals surface area contributed by atoms with Crippen LogP contribution in [0.1, 0.15) is 44.9 Å². The summed E-state index contributed by atoms with van der Waals surface area (Å²) in [4.78, 5) is 23.0. The van der Waals surface area contributed by atoms with Crippen molar-refractivity contribution in [3.05, 3.63) is 0 Å². The number of hydrogen-bond acceptors (Lipinski definition) is 3. The van der Waals surface area contributed by atoms with Gasteiger partial charge < -0.3 is 0 Å². The Morgan fingerprint density at radius 2 is 1.94 bits per heavy atom. The van der Waals surface area contributed by atoms with Crippen molar-refractivity contribution >= 4 is 11.8 Å². The molecule has 1 aliphatic rings. The summed E-state index contributed by atoms with van der Waals surface area (Å²) in [6.07, 6.45) is 7.21. The molecular weight excluding hydrogens is 345 g/mol. The third kappa shape index (κ3) is 5.99. The van der Waals surface area contributed by atoms with Gasteiger partial charge >= 0.3 is 119 Å². The molecule has 0 aromatic carbocycles. The van der Waals surface area contributed by atoms with Crippen molar-refractivity contribution in [2.75, 3.05) is 6.54 Å². The zero-order valence-electron chi connectivity index (χ0n) is 10.7. The Bertz CT molecular complexity index is 280.